The standard InChI is InChI=1S/C17H19N5O4/c1-20-15-14(16(24)21(2)17(20)25)22(10-19-15)9-13(23)18-8-11-6-4-5-7-12(11)26-3/h4-7,10H,8-9H2,1-3H3,(H,18,23). The van der Waals surface area contributed by atoms with Crippen LogP contribution in [-0.2, 0) is 32.0 Å². The lowest BCUT2D eigenvalue weighted by atomic mass is 10.2. The first-order valence-corrected chi connectivity index (χ1v) is 7.93. The minimum atomic E-state index is -0.488. The number of nitrogens with one attached hydrogen (secondary N) is 1. The Balaban J connectivity index is 1.82. The molecule has 0 spiro atoms. The summed E-state index contributed by atoms with van der Waals surface area (Å²) in [7, 11) is 4.49. The maximum absolute atomic E-state index is 12.4. The van der Waals surface area contributed by atoms with Gasteiger partial charge in [-0.3, -0.25) is 18.7 Å². The molecule has 0 bridgehead atoms. The number of carbonyl (C=O) groups is 1. The van der Waals surface area contributed by atoms with Crippen molar-refractivity contribution in [3.8, 4) is 5.75 Å². The van der Waals surface area contributed by atoms with Crippen LogP contribution in [0.3, 0.4) is 0 Å². The van der Waals surface area contributed by atoms with E-state index in [-0.39, 0.29) is 23.6 Å². The van der Waals surface area contributed by atoms with Gasteiger partial charge in [-0.1, -0.05) is 18.2 Å². The van der Waals surface area contributed by atoms with Gasteiger partial charge in [-0.15, -0.1) is 0 Å². The minimum absolute atomic E-state index is 0.0842. The third-order valence-electron chi connectivity index (χ3n) is 4.20. The number of hydrogen-bond donors (Lipinski definition) is 1. The summed E-state index contributed by atoms with van der Waals surface area (Å²) in [6.07, 6.45) is 1.38. The van der Waals surface area contributed by atoms with Gasteiger partial charge in [0.15, 0.2) is 11.2 Å². The number of ether oxygens (including phenoxy) is 1. The molecule has 1 aromatic carbocycles. The summed E-state index contributed by atoms with van der Waals surface area (Å²) in [6.45, 7) is 0.213. The summed E-state index contributed by atoms with van der Waals surface area (Å²) < 4.78 is 8.96. The number of para-hydroxylation sites is 1. The van der Waals surface area contributed by atoms with Gasteiger partial charge in [0.2, 0.25) is 5.91 Å². The molecular weight excluding hydrogens is 338 g/mol. The summed E-state index contributed by atoms with van der Waals surface area (Å²) in [5, 5.41) is 2.79. The number of carbonyl (C=O) groups excluding carboxylic acids is 1. The quantitative estimate of drug-likeness (QED) is 0.679. The third-order valence-corrected chi connectivity index (χ3v) is 4.20. The van der Waals surface area contributed by atoms with E-state index in [1.807, 2.05) is 24.3 Å². The fourth-order valence-electron chi connectivity index (χ4n) is 2.77. The fourth-order valence-corrected chi connectivity index (χ4v) is 2.77. The van der Waals surface area contributed by atoms with Crippen LogP contribution in [0, 0.1) is 0 Å². The van der Waals surface area contributed by atoms with Gasteiger partial charge < -0.3 is 14.6 Å². The minimum Gasteiger partial charge on any atom is -0.496 e. The van der Waals surface area contributed by atoms with Crippen molar-refractivity contribution in [3.05, 3.63) is 57.0 Å². The van der Waals surface area contributed by atoms with Gasteiger partial charge in [0.25, 0.3) is 5.56 Å². The van der Waals surface area contributed by atoms with Crippen molar-refractivity contribution < 1.29 is 9.53 Å². The van der Waals surface area contributed by atoms with E-state index in [4.69, 9.17) is 4.74 Å². The van der Waals surface area contributed by atoms with Crippen LogP contribution in [0.4, 0.5) is 0 Å². The number of nitrogens with zero attached hydrogens (tertiary/aromatic N) is 4. The summed E-state index contributed by atoms with van der Waals surface area (Å²) in [6, 6.07) is 7.38. The van der Waals surface area contributed by atoms with Gasteiger partial charge in [-0.25, -0.2) is 9.78 Å². The molecule has 0 radical (unpaired) electrons. The number of aromatic nitrogens is 4. The molecule has 0 atom stereocenters. The molecule has 2 aromatic heterocycles. The van der Waals surface area contributed by atoms with E-state index in [0.29, 0.717) is 12.3 Å². The molecule has 0 fully saturated rings. The average Bonchev–Trinajstić information content (AvgIpc) is 3.06. The zero-order valence-electron chi connectivity index (χ0n) is 14.7. The second-order valence-electron chi connectivity index (χ2n) is 5.84. The van der Waals surface area contributed by atoms with Crippen molar-refractivity contribution in [1.29, 1.82) is 0 Å². The number of methoxy groups -OCH3 is 1. The van der Waals surface area contributed by atoms with Crippen LogP contribution in [0.1, 0.15) is 5.56 Å². The first kappa shape index (κ1) is 17.5. The maximum Gasteiger partial charge on any atom is 0.332 e. The highest BCUT2D eigenvalue weighted by molar-refractivity contribution is 5.78. The molecule has 0 aliphatic heterocycles. The van der Waals surface area contributed by atoms with Crippen LogP contribution in [0.25, 0.3) is 11.2 Å². The fraction of sp³-hybridized carbons (Fsp3) is 0.294. The Kier molecular flexibility index (Phi) is 4.61. The summed E-state index contributed by atoms with van der Waals surface area (Å²) in [5.41, 5.74) is 0.348. The smallest absolute Gasteiger partial charge is 0.332 e. The summed E-state index contributed by atoms with van der Waals surface area (Å²) >= 11 is 0. The molecule has 0 saturated carbocycles. The van der Waals surface area contributed by atoms with Crippen molar-refractivity contribution >= 4 is 17.1 Å². The topological polar surface area (TPSA) is 100 Å². The van der Waals surface area contributed by atoms with Gasteiger partial charge >= 0.3 is 5.69 Å². The van der Waals surface area contributed by atoms with Gasteiger partial charge in [0.1, 0.15) is 12.3 Å². The van der Waals surface area contributed by atoms with E-state index in [0.717, 1.165) is 10.1 Å². The molecule has 2 heterocycles. The van der Waals surface area contributed by atoms with Crippen LogP contribution in [-0.4, -0.2) is 31.7 Å². The molecule has 1 N–H and O–H groups in total. The predicted molar refractivity (Wildman–Crippen MR) is 95.1 cm³/mol. The predicted octanol–water partition coefficient (Wildman–Crippen LogP) is -0.241. The van der Waals surface area contributed by atoms with Crippen molar-refractivity contribution in [2.24, 2.45) is 14.1 Å². The molecule has 26 heavy (non-hydrogen) atoms. The van der Waals surface area contributed by atoms with Crippen LogP contribution in [0.2, 0.25) is 0 Å². The molecule has 3 aromatic rings. The summed E-state index contributed by atoms with van der Waals surface area (Å²) in [4.78, 5) is 40.7. The molecule has 0 aliphatic rings. The molecule has 9 nitrogen and oxygen atoms in total. The van der Waals surface area contributed by atoms with Gasteiger partial charge in [0, 0.05) is 26.2 Å². The Bertz CT molecular complexity index is 1090. The molecule has 0 aliphatic carbocycles. The maximum atomic E-state index is 12.4. The van der Waals surface area contributed by atoms with Crippen molar-refractivity contribution in [2.45, 2.75) is 13.1 Å². The second-order valence-corrected chi connectivity index (χ2v) is 5.84. The number of amides is 1. The highest BCUT2D eigenvalue weighted by atomic mass is 16.5. The van der Waals surface area contributed by atoms with E-state index < -0.39 is 11.2 Å². The molecule has 9 heteroatoms. The highest BCUT2D eigenvalue weighted by Gasteiger charge is 2.16. The lowest BCUT2D eigenvalue weighted by molar-refractivity contribution is -0.121. The Morgan fingerprint density at radius 3 is 2.65 bits per heavy atom. The SMILES string of the molecule is COc1ccccc1CNC(=O)Cn1cnc2c1c(=O)n(C)c(=O)n2C. The number of rotatable bonds is 5. The first-order valence-electron chi connectivity index (χ1n) is 7.93. The Labute approximate surface area is 148 Å². The summed E-state index contributed by atoms with van der Waals surface area (Å²) in [5.74, 6) is 0.399. The van der Waals surface area contributed by atoms with Gasteiger partial charge in [0.05, 0.1) is 13.4 Å². The van der Waals surface area contributed by atoms with Crippen molar-refractivity contribution in [1.82, 2.24) is 24.0 Å². The van der Waals surface area contributed by atoms with Crippen LogP contribution in [0.15, 0.2) is 40.2 Å². The zero-order chi connectivity index (χ0) is 18.8. The number of hydrogen-bond acceptors (Lipinski definition) is 5. The lowest BCUT2D eigenvalue weighted by Crippen LogP contribution is -2.38. The van der Waals surface area contributed by atoms with Crippen LogP contribution >= 0.6 is 0 Å². The molecule has 0 saturated heterocycles. The second kappa shape index (κ2) is 6.87. The Morgan fingerprint density at radius 2 is 1.92 bits per heavy atom. The van der Waals surface area contributed by atoms with E-state index in [1.54, 1.807) is 7.11 Å². The van der Waals surface area contributed by atoms with E-state index >= 15 is 0 Å². The van der Waals surface area contributed by atoms with Crippen LogP contribution in [0.5, 0.6) is 5.75 Å². The molecule has 0 unspecified atom stereocenters. The van der Waals surface area contributed by atoms with E-state index in [2.05, 4.69) is 10.3 Å². The normalized spacial score (nSPS) is 10.9. The lowest BCUT2D eigenvalue weighted by Gasteiger charge is -2.10. The first-order chi connectivity index (χ1) is 12.4. The van der Waals surface area contributed by atoms with Gasteiger partial charge in [-0.2, -0.15) is 0 Å². The third kappa shape index (κ3) is 2.99. The number of fused-ring (bicyclic) bond motifs is 1. The Morgan fingerprint density at radius 1 is 1.19 bits per heavy atom. The molecular formula is C17H19N5O4. The number of benzene rings is 1. The van der Waals surface area contributed by atoms with E-state index in [1.165, 1.54) is 29.6 Å². The number of aryl methyl sites for hydroxylation is 1. The molecule has 1 amide bonds. The van der Waals surface area contributed by atoms with Crippen molar-refractivity contribution in [3.63, 3.8) is 0 Å². The molecule has 136 valence electrons. The van der Waals surface area contributed by atoms with E-state index in [9.17, 15) is 14.4 Å². The zero-order valence-corrected chi connectivity index (χ0v) is 14.7. The van der Waals surface area contributed by atoms with Gasteiger partial charge in [-0.05, 0) is 6.07 Å². The van der Waals surface area contributed by atoms with Crippen LogP contribution < -0.4 is 21.3 Å². The average molecular weight is 357 g/mol. The highest BCUT2D eigenvalue weighted by Crippen LogP contribution is 2.16. The number of imidazole rings is 1. The monoisotopic (exact) mass is 357 g/mol. The molecule has 3 rings (SSSR count). The largest absolute Gasteiger partial charge is 0.496 e. The van der Waals surface area contributed by atoms with Crippen molar-refractivity contribution in [2.75, 3.05) is 7.11 Å². The Hall–Kier alpha value is -3.36.